The number of pyridine rings is 1. The molecule has 0 saturated carbocycles. The number of nitrogen functional groups attached to an aromatic ring is 1. The van der Waals surface area contributed by atoms with Gasteiger partial charge in [-0.3, -0.25) is 0 Å². The number of benzene rings is 2. The third-order valence-electron chi connectivity index (χ3n) is 3.63. The summed E-state index contributed by atoms with van der Waals surface area (Å²) in [5.41, 5.74) is 8.11. The molecule has 0 atom stereocenters. The summed E-state index contributed by atoms with van der Waals surface area (Å²) in [4.78, 5) is 4.30. The van der Waals surface area contributed by atoms with Crippen molar-refractivity contribution in [3.05, 3.63) is 54.0 Å². The van der Waals surface area contributed by atoms with E-state index in [9.17, 15) is 4.39 Å². The molecule has 0 unspecified atom stereocenters. The van der Waals surface area contributed by atoms with Crippen LogP contribution in [-0.4, -0.2) is 12.1 Å². The molecule has 3 N–H and O–H groups in total. The summed E-state index contributed by atoms with van der Waals surface area (Å²) in [7, 11) is 1.54. The number of anilines is 3. The molecule has 4 nitrogen and oxygen atoms in total. The molecular formula is C17H16FN3O. The van der Waals surface area contributed by atoms with E-state index >= 15 is 0 Å². The van der Waals surface area contributed by atoms with E-state index in [1.54, 1.807) is 18.3 Å². The maximum absolute atomic E-state index is 14.0. The molecule has 0 aliphatic carbocycles. The smallest absolute Gasteiger partial charge is 0.146 e. The van der Waals surface area contributed by atoms with Crippen LogP contribution in [0, 0.1) is 12.7 Å². The zero-order chi connectivity index (χ0) is 15.7. The molecule has 1 aromatic heterocycles. The van der Waals surface area contributed by atoms with E-state index in [1.807, 2.05) is 25.1 Å². The monoisotopic (exact) mass is 297 g/mol. The first-order valence-electron chi connectivity index (χ1n) is 6.84. The Kier molecular flexibility index (Phi) is 3.55. The van der Waals surface area contributed by atoms with Crippen LogP contribution in [0.5, 0.6) is 5.75 Å². The number of aromatic nitrogens is 1. The highest BCUT2D eigenvalue weighted by molar-refractivity contribution is 6.01. The minimum absolute atomic E-state index is 0.304. The van der Waals surface area contributed by atoms with Gasteiger partial charge in [0.2, 0.25) is 0 Å². The molecule has 112 valence electrons. The molecule has 1 heterocycles. The Morgan fingerprint density at radius 3 is 2.73 bits per heavy atom. The lowest BCUT2D eigenvalue weighted by atomic mass is 10.1. The molecule has 2 aromatic carbocycles. The molecule has 0 saturated heterocycles. The Labute approximate surface area is 127 Å². The minimum Gasteiger partial charge on any atom is -0.497 e. The van der Waals surface area contributed by atoms with Crippen LogP contribution in [0.2, 0.25) is 0 Å². The number of hydrogen-bond acceptors (Lipinski definition) is 4. The number of nitrogens with two attached hydrogens (primary N) is 1. The second-order valence-electron chi connectivity index (χ2n) is 5.02. The van der Waals surface area contributed by atoms with Crippen molar-refractivity contribution in [2.24, 2.45) is 0 Å². The van der Waals surface area contributed by atoms with E-state index in [-0.39, 0.29) is 5.82 Å². The van der Waals surface area contributed by atoms with Gasteiger partial charge >= 0.3 is 0 Å². The van der Waals surface area contributed by atoms with Crippen molar-refractivity contribution in [1.82, 2.24) is 4.98 Å². The lowest BCUT2D eigenvalue weighted by molar-refractivity contribution is 0.414. The van der Waals surface area contributed by atoms with Gasteiger partial charge in [0.15, 0.2) is 0 Å². The number of rotatable bonds is 3. The van der Waals surface area contributed by atoms with Gasteiger partial charge in [0, 0.05) is 28.7 Å². The zero-order valence-electron chi connectivity index (χ0n) is 12.4. The summed E-state index contributed by atoms with van der Waals surface area (Å²) >= 11 is 0. The van der Waals surface area contributed by atoms with Crippen LogP contribution in [0.1, 0.15) is 5.56 Å². The largest absolute Gasteiger partial charge is 0.497 e. The number of fused-ring (bicyclic) bond motifs is 1. The van der Waals surface area contributed by atoms with Crippen LogP contribution in [-0.2, 0) is 0 Å². The molecule has 3 aromatic rings. The van der Waals surface area contributed by atoms with E-state index in [0.29, 0.717) is 22.9 Å². The molecule has 3 rings (SSSR count). The number of aryl methyl sites for hydroxylation is 1. The van der Waals surface area contributed by atoms with Gasteiger partial charge < -0.3 is 15.8 Å². The third-order valence-corrected chi connectivity index (χ3v) is 3.63. The van der Waals surface area contributed by atoms with Crippen molar-refractivity contribution in [2.45, 2.75) is 6.92 Å². The maximum atomic E-state index is 14.0. The molecule has 0 bridgehead atoms. The van der Waals surface area contributed by atoms with E-state index in [4.69, 9.17) is 10.5 Å². The van der Waals surface area contributed by atoms with Gasteiger partial charge in [-0.15, -0.1) is 0 Å². The quantitative estimate of drug-likeness (QED) is 0.717. The number of halogens is 1. The number of ether oxygens (including phenoxy) is 1. The van der Waals surface area contributed by atoms with Crippen LogP contribution in [0.3, 0.4) is 0 Å². The highest BCUT2D eigenvalue weighted by Crippen LogP contribution is 2.31. The standard InChI is InChI=1S/C17H16FN3O/c1-10-3-5-13-12(16(10)19)7-8-20-17(13)21-15-9-11(22-2)4-6-14(15)18/h3-9H,19H2,1-2H3,(H,20,21). The maximum Gasteiger partial charge on any atom is 0.146 e. The lowest BCUT2D eigenvalue weighted by Crippen LogP contribution is -1.99. The third kappa shape index (κ3) is 2.41. The van der Waals surface area contributed by atoms with Crippen molar-refractivity contribution in [3.8, 4) is 5.75 Å². The first-order chi connectivity index (χ1) is 10.6. The zero-order valence-corrected chi connectivity index (χ0v) is 12.4. The molecule has 5 heteroatoms. The number of nitrogens with zero attached hydrogens (tertiary/aromatic N) is 1. The molecule has 0 spiro atoms. The first-order valence-corrected chi connectivity index (χ1v) is 6.84. The molecule has 0 radical (unpaired) electrons. The van der Waals surface area contributed by atoms with E-state index < -0.39 is 0 Å². The van der Waals surface area contributed by atoms with Gasteiger partial charge in [-0.25, -0.2) is 9.37 Å². The van der Waals surface area contributed by atoms with Crippen LogP contribution < -0.4 is 15.8 Å². The Hall–Kier alpha value is -2.82. The molecule has 0 aliphatic rings. The van der Waals surface area contributed by atoms with Gasteiger partial charge in [-0.05, 0) is 30.7 Å². The van der Waals surface area contributed by atoms with Crippen LogP contribution in [0.25, 0.3) is 10.8 Å². The number of nitrogens with one attached hydrogen (secondary N) is 1. The van der Waals surface area contributed by atoms with Crippen LogP contribution >= 0.6 is 0 Å². The second kappa shape index (κ2) is 5.52. The Morgan fingerprint density at radius 2 is 1.95 bits per heavy atom. The van der Waals surface area contributed by atoms with Crippen molar-refractivity contribution >= 4 is 28.0 Å². The fraction of sp³-hybridized carbons (Fsp3) is 0.118. The van der Waals surface area contributed by atoms with E-state index in [0.717, 1.165) is 16.3 Å². The van der Waals surface area contributed by atoms with Crippen molar-refractivity contribution < 1.29 is 9.13 Å². The second-order valence-corrected chi connectivity index (χ2v) is 5.02. The van der Waals surface area contributed by atoms with Crippen molar-refractivity contribution in [1.29, 1.82) is 0 Å². The lowest BCUT2D eigenvalue weighted by Gasteiger charge is -2.12. The normalized spacial score (nSPS) is 10.7. The van der Waals surface area contributed by atoms with E-state index in [2.05, 4.69) is 10.3 Å². The number of hydrogen-bond donors (Lipinski definition) is 2. The fourth-order valence-electron chi connectivity index (χ4n) is 2.34. The van der Waals surface area contributed by atoms with Gasteiger partial charge in [-0.1, -0.05) is 12.1 Å². The van der Waals surface area contributed by atoms with Crippen LogP contribution in [0.4, 0.5) is 21.6 Å². The summed E-state index contributed by atoms with van der Waals surface area (Å²) in [6.07, 6.45) is 1.65. The molecule has 0 fully saturated rings. The summed E-state index contributed by atoms with van der Waals surface area (Å²) in [5.74, 6) is 0.746. The summed E-state index contributed by atoms with van der Waals surface area (Å²) < 4.78 is 19.1. The fourth-order valence-corrected chi connectivity index (χ4v) is 2.34. The van der Waals surface area contributed by atoms with Crippen molar-refractivity contribution in [2.75, 3.05) is 18.2 Å². The van der Waals surface area contributed by atoms with Crippen molar-refractivity contribution in [3.63, 3.8) is 0 Å². The average Bonchev–Trinajstić information content (AvgIpc) is 2.53. The summed E-state index contributed by atoms with van der Waals surface area (Å²) in [5, 5.41) is 4.75. The van der Waals surface area contributed by atoms with E-state index in [1.165, 1.54) is 13.2 Å². The summed E-state index contributed by atoms with van der Waals surface area (Å²) in [6, 6.07) is 10.2. The first kappa shape index (κ1) is 14.1. The summed E-state index contributed by atoms with van der Waals surface area (Å²) in [6.45, 7) is 1.95. The van der Waals surface area contributed by atoms with Gasteiger partial charge in [-0.2, -0.15) is 0 Å². The minimum atomic E-state index is -0.375. The predicted octanol–water partition coefficient (Wildman–Crippen LogP) is 4.02. The Morgan fingerprint density at radius 1 is 1.14 bits per heavy atom. The molecule has 0 aliphatic heterocycles. The van der Waals surface area contributed by atoms with Crippen LogP contribution in [0.15, 0.2) is 42.6 Å². The molecular weight excluding hydrogens is 281 g/mol. The highest BCUT2D eigenvalue weighted by atomic mass is 19.1. The van der Waals surface area contributed by atoms with Gasteiger partial charge in [0.05, 0.1) is 12.8 Å². The van der Waals surface area contributed by atoms with Gasteiger partial charge in [0.25, 0.3) is 0 Å². The molecule has 22 heavy (non-hydrogen) atoms. The number of methoxy groups -OCH3 is 1. The topological polar surface area (TPSA) is 60.2 Å². The Balaban J connectivity index is 2.10. The average molecular weight is 297 g/mol. The van der Waals surface area contributed by atoms with Gasteiger partial charge in [0.1, 0.15) is 17.4 Å². The Bertz CT molecular complexity index is 849. The SMILES string of the molecule is COc1ccc(F)c(Nc2nccc3c(N)c(C)ccc23)c1. The molecule has 0 amide bonds. The predicted molar refractivity (Wildman–Crippen MR) is 87.1 cm³/mol. The highest BCUT2D eigenvalue weighted by Gasteiger charge is 2.10.